The first-order valence-corrected chi connectivity index (χ1v) is 5.41. The summed E-state index contributed by atoms with van der Waals surface area (Å²) >= 11 is 0. The molecule has 14 heavy (non-hydrogen) atoms. The second-order valence-electron chi connectivity index (χ2n) is 4.36. The van der Waals surface area contributed by atoms with Crippen molar-refractivity contribution in [3.8, 4) is 0 Å². The highest BCUT2D eigenvalue weighted by molar-refractivity contribution is 5.76. The molecule has 0 atom stereocenters. The molecule has 2 rings (SSSR count). The number of rotatable bonds is 2. The minimum atomic E-state index is 0.337. The largest absolute Gasteiger partial charge is 0.342 e. The summed E-state index contributed by atoms with van der Waals surface area (Å²) in [6, 6.07) is 0. The maximum Gasteiger partial charge on any atom is 0.222 e. The number of carbonyl (C=O) groups excluding carboxylic acids is 1. The second kappa shape index (κ2) is 4.13. The molecule has 0 aliphatic carbocycles. The molecular formula is C11H18N2O. The summed E-state index contributed by atoms with van der Waals surface area (Å²) in [6.45, 7) is 7.76. The molecule has 0 aromatic carbocycles. The van der Waals surface area contributed by atoms with Gasteiger partial charge in [0, 0.05) is 19.5 Å². The number of nitrogens with one attached hydrogen (secondary N) is 1. The van der Waals surface area contributed by atoms with Gasteiger partial charge in [-0.15, -0.1) is 0 Å². The van der Waals surface area contributed by atoms with Gasteiger partial charge in [-0.3, -0.25) is 4.79 Å². The molecule has 3 nitrogen and oxygen atoms in total. The Morgan fingerprint density at radius 2 is 2.07 bits per heavy atom. The monoisotopic (exact) mass is 194 g/mol. The molecule has 0 spiro atoms. The lowest BCUT2D eigenvalue weighted by atomic mass is 9.97. The number of hydrogen-bond donors (Lipinski definition) is 1. The molecule has 78 valence electrons. The van der Waals surface area contributed by atoms with Gasteiger partial charge < -0.3 is 10.2 Å². The van der Waals surface area contributed by atoms with Crippen molar-refractivity contribution >= 4 is 5.91 Å². The van der Waals surface area contributed by atoms with Gasteiger partial charge in [-0.05, 0) is 31.8 Å². The molecule has 0 unspecified atom stereocenters. The predicted molar refractivity (Wildman–Crippen MR) is 55.9 cm³/mol. The van der Waals surface area contributed by atoms with Gasteiger partial charge in [0.05, 0.1) is 0 Å². The van der Waals surface area contributed by atoms with Crippen LogP contribution in [-0.4, -0.2) is 37.0 Å². The normalized spacial score (nSPS) is 23.4. The lowest BCUT2D eigenvalue weighted by molar-refractivity contribution is -0.133. The molecule has 0 aromatic rings. The van der Waals surface area contributed by atoms with E-state index in [0.717, 1.165) is 45.4 Å². The third-order valence-corrected chi connectivity index (χ3v) is 3.15. The van der Waals surface area contributed by atoms with Crippen LogP contribution in [0.5, 0.6) is 0 Å². The number of hydrogen-bond acceptors (Lipinski definition) is 2. The van der Waals surface area contributed by atoms with Gasteiger partial charge in [-0.25, -0.2) is 0 Å². The Hall–Kier alpha value is -0.830. The van der Waals surface area contributed by atoms with Crippen molar-refractivity contribution in [2.45, 2.75) is 19.3 Å². The third kappa shape index (κ3) is 2.15. The molecule has 2 aliphatic heterocycles. The fourth-order valence-corrected chi connectivity index (χ4v) is 1.94. The highest BCUT2D eigenvalue weighted by atomic mass is 16.2. The Balaban J connectivity index is 1.76. The topological polar surface area (TPSA) is 32.3 Å². The third-order valence-electron chi connectivity index (χ3n) is 3.15. The fraction of sp³-hybridized carbons (Fsp3) is 0.727. The van der Waals surface area contributed by atoms with Crippen molar-refractivity contribution in [1.82, 2.24) is 10.2 Å². The average molecular weight is 194 g/mol. The highest BCUT2D eigenvalue weighted by Gasteiger charge is 2.24. The Kier molecular flexibility index (Phi) is 2.87. The van der Waals surface area contributed by atoms with Gasteiger partial charge in [0.15, 0.2) is 0 Å². The number of amides is 1. The summed E-state index contributed by atoms with van der Waals surface area (Å²) < 4.78 is 0. The van der Waals surface area contributed by atoms with Gasteiger partial charge in [0.2, 0.25) is 5.91 Å². The summed E-state index contributed by atoms with van der Waals surface area (Å²) in [7, 11) is 0. The number of piperidine rings is 1. The van der Waals surface area contributed by atoms with Crippen LogP contribution in [0.1, 0.15) is 19.3 Å². The summed E-state index contributed by atoms with van der Waals surface area (Å²) in [6.07, 6.45) is 2.72. The zero-order chi connectivity index (χ0) is 9.97. The van der Waals surface area contributed by atoms with E-state index in [1.807, 2.05) is 4.90 Å². The molecule has 1 N–H and O–H groups in total. The van der Waals surface area contributed by atoms with Crippen molar-refractivity contribution < 1.29 is 4.79 Å². The van der Waals surface area contributed by atoms with Crippen molar-refractivity contribution in [2.24, 2.45) is 5.92 Å². The van der Waals surface area contributed by atoms with Crippen molar-refractivity contribution in [1.29, 1.82) is 0 Å². The molecule has 2 saturated heterocycles. The second-order valence-corrected chi connectivity index (χ2v) is 4.36. The Bertz CT molecular complexity index is 236. The average Bonchev–Trinajstić information content (AvgIpc) is 2.12. The van der Waals surface area contributed by atoms with Gasteiger partial charge in [-0.1, -0.05) is 12.2 Å². The van der Waals surface area contributed by atoms with E-state index in [1.165, 1.54) is 5.57 Å². The maximum absolute atomic E-state index is 11.8. The standard InChI is InChI=1S/C11H18N2O/c1-9-2-4-13(5-3-9)11(14)6-10-7-12-8-10/h10,12H,1-8H2. The van der Waals surface area contributed by atoms with Crippen LogP contribution >= 0.6 is 0 Å². The highest BCUT2D eigenvalue weighted by Crippen LogP contribution is 2.17. The van der Waals surface area contributed by atoms with E-state index in [-0.39, 0.29) is 0 Å². The molecule has 1 amide bonds. The number of carbonyl (C=O) groups is 1. The van der Waals surface area contributed by atoms with Crippen molar-refractivity contribution in [3.05, 3.63) is 12.2 Å². The van der Waals surface area contributed by atoms with E-state index in [0.29, 0.717) is 11.8 Å². The Morgan fingerprint density at radius 3 is 2.57 bits per heavy atom. The summed E-state index contributed by atoms with van der Waals surface area (Å²) in [4.78, 5) is 13.8. The fourth-order valence-electron chi connectivity index (χ4n) is 1.94. The molecule has 2 aliphatic rings. The quantitative estimate of drug-likeness (QED) is 0.659. The van der Waals surface area contributed by atoms with Crippen LogP contribution in [0.15, 0.2) is 12.2 Å². The molecule has 0 bridgehead atoms. The minimum absolute atomic E-state index is 0.337. The van der Waals surface area contributed by atoms with Crippen LogP contribution in [0.2, 0.25) is 0 Å². The molecule has 0 saturated carbocycles. The van der Waals surface area contributed by atoms with E-state index in [4.69, 9.17) is 0 Å². The first kappa shape index (κ1) is 9.71. The molecule has 0 radical (unpaired) electrons. The van der Waals surface area contributed by atoms with Crippen LogP contribution in [0, 0.1) is 5.92 Å². The zero-order valence-electron chi connectivity index (χ0n) is 8.59. The van der Waals surface area contributed by atoms with Gasteiger partial charge >= 0.3 is 0 Å². The van der Waals surface area contributed by atoms with E-state index >= 15 is 0 Å². The summed E-state index contributed by atoms with van der Waals surface area (Å²) in [5.74, 6) is 0.927. The SMILES string of the molecule is C=C1CCN(C(=O)CC2CNC2)CC1. The van der Waals surface area contributed by atoms with Crippen molar-refractivity contribution in [3.63, 3.8) is 0 Å². The molecular weight excluding hydrogens is 176 g/mol. The Labute approximate surface area is 85.2 Å². The van der Waals surface area contributed by atoms with Gasteiger partial charge in [0.1, 0.15) is 0 Å². The molecule has 2 heterocycles. The molecule has 0 aromatic heterocycles. The van der Waals surface area contributed by atoms with Gasteiger partial charge in [0.25, 0.3) is 0 Å². The molecule has 3 heteroatoms. The van der Waals surface area contributed by atoms with Crippen LogP contribution in [-0.2, 0) is 4.79 Å². The number of nitrogens with zero attached hydrogens (tertiary/aromatic N) is 1. The predicted octanol–water partition coefficient (Wildman–Crippen LogP) is 0.774. The Morgan fingerprint density at radius 1 is 1.43 bits per heavy atom. The first-order valence-electron chi connectivity index (χ1n) is 5.41. The lowest BCUT2D eigenvalue weighted by Crippen LogP contribution is -2.46. The molecule has 2 fully saturated rings. The van der Waals surface area contributed by atoms with Crippen LogP contribution in [0.4, 0.5) is 0 Å². The van der Waals surface area contributed by atoms with Gasteiger partial charge in [-0.2, -0.15) is 0 Å². The number of likely N-dealkylation sites (tertiary alicyclic amines) is 1. The minimum Gasteiger partial charge on any atom is -0.342 e. The van der Waals surface area contributed by atoms with E-state index in [9.17, 15) is 4.79 Å². The van der Waals surface area contributed by atoms with Crippen molar-refractivity contribution in [2.75, 3.05) is 26.2 Å². The van der Waals surface area contributed by atoms with E-state index in [2.05, 4.69) is 11.9 Å². The van der Waals surface area contributed by atoms with Crippen LogP contribution < -0.4 is 5.32 Å². The summed E-state index contributed by atoms with van der Waals surface area (Å²) in [5, 5.41) is 3.19. The van der Waals surface area contributed by atoms with Crippen LogP contribution in [0.3, 0.4) is 0 Å². The smallest absolute Gasteiger partial charge is 0.222 e. The van der Waals surface area contributed by atoms with E-state index < -0.39 is 0 Å². The zero-order valence-corrected chi connectivity index (χ0v) is 8.59. The maximum atomic E-state index is 11.8. The lowest BCUT2D eigenvalue weighted by Gasteiger charge is -2.32. The first-order chi connectivity index (χ1) is 6.75. The summed E-state index contributed by atoms with van der Waals surface area (Å²) in [5.41, 5.74) is 1.29. The van der Waals surface area contributed by atoms with Crippen LogP contribution in [0.25, 0.3) is 0 Å². The van der Waals surface area contributed by atoms with E-state index in [1.54, 1.807) is 0 Å².